The monoisotopic (exact) mass is 289 g/mol. The minimum atomic E-state index is 0.189. The third-order valence-corrected chi connectivity index (χ3v) is 6.39. The second-order valence-corrected chi connectivity index (χ2v) is 8.78. The fraction of sp³-hybridized carbons (Fsp3) is 1.00. The molecule has 0 aliphatic carbocycles. The van der Waals surface area contributed by atoms with Crippen LogP contribution in [0.25, 0.3) is 0 Å². The van der Waals surface area contributed by atoms with E-state index in [1.54, 1.807) is 0 Å². The van der Waals surface area contributed by atoms with Crippen LogP contribution in [0.2, 0.25) is 0 Å². The van der Waals surface area contributed by atoms with Gasteiger partial charge < -0.3 is 10.5 Å². The van der Waals surface area contributed by atoms with Crippen molar-refractivity contribution in [2.45, 2.75) is 56.4 Å². The van der Waals surface area contributed by atoms with Gasteiger partial charge in [-0.05, 0) is 48.4 Å². The minimum Gasteiger partial charge on any atom is -0.375 e. The summed E-state index contributed by atoms with van der Waals surface area (Å²) in [6, 6.07) is 0.354. The van der Waals surface area contributed by atoms with Gasteiger partial charge in [-0.1, -0.05) is 13.8 Å². The molecule has 18 heavy (non-hydrogen) atoms. The van der Waals surface area contributed by atoms with E-state index in [1.165, 1.54) is 30.8 Å². The predicted molar refractivity (Wildman–Crippen MR) is 83.5 cm³/mol. The van der Waals surface area contributed by atoms with Gasteiger partial charge in [0.2, 0.25) is 0 Å². The van der Waals surface area contributed by atoms with Gasteiger partial charge in [0, 0.05) is 18.4 Å². The molecule has 2 atom stereocenters. The number of hydrogen-bond donors (Lipinski definition) is 1. The Balaban J connectivity index is 1.85. The van der Waals surface area contributed by atoms with Crippen LogP contribution in [0.15, 0.2) is 0 Å². The second kappa shape index (κ2) is 6.87. The van der Waals surface area contributed by atoms with E-state index in [2.05, 4.69) is 25.6 Å². The number of nitrogens with two attached hydrogens (primary N) is 1. The zero-order chi connectivity index (χ0) is 13.0. The molecular formula is C14H27NOS2. The Bertz CT molecular complexity index is 249. The van der Waals surface area contributed by atoms with E-state index in [0.29, 0.717) is 17.2 Å². The molecule has 1 spiro atoms. The standard InChI is InChI=1S/C14H27NOS2/c1-11(2)18-10-13(15)12-3-6-16-14(9-12)4-7-17-8-5-14/h11-13H,3-10,15H2,1-2H3. The van der Waals surface area contributed by atoms with Crippen molar-refractivity contribution in [1.82, 2.24) is 0 Å². The van der Waals surface area contributed by atoms with Crippen LogP contribution in [0, 0.1) is 5.92 Å². The van der Waals surface area contributed by atoms with Crippen LogP contribution in [-0.2, 0) is 4.74 Å². The van der Waals surface area contributed by atoms with Gasteiger partial charge in [0.25, 0.3) is 0 Å². The zero-order valence-corrected chi connectivity index (χ0v) is 13.3. The number of ether oxygens (including phenoxy) is 1. The molecule has 106 valence electrons. The van der Waals surface area contributed by atoms with Gasteiger partial charge in [0.1, 0.15) is 0 Å². The van der Waals surface area contributed by atoms with Gasteiger partial charge in [-0.25, -0.2) is 0 Å². The van der Waals surface area contributed by atoms with Crippen molar-refractivity contribution in [3.05, 3.63) is 0 Å². The van der Waals surface area contributed by atoms with Crippen LogP contribution in [-0.4, -0.2) is 40.8 Å². The first-order valence-electron chi connectivity index (χ1n) is 7.20. The van der Waals surface area contributed by atoms with Crippen LogP contribution in [0.5, 0.6) is 0 Å². The van der Waals surface area contributed by atoms with Gasteiger partial charge in [-0.2, -0.15) is 23.5 Å². The quantitative estimate of drug-likeness (QED) is 0.862. The van der Waals surface area contributed by atoms with Crippen LogP contribution in [0.1, 0.15) is 39.5 Å². The van der Waals surface area contributed by atoms with Crippen molar-refractivity contribution in [2.24, 2.45) is 11.7 Å². The lowest BCUT2D eigenvalue weighted by atomic mass is 9.79. The molecule has 2 aliphatic rings. The highest BCUT2D eigenvalue weighted by Gasteiger charge is 2.40. The first-order chi connectivity index (χ1) is 8.61. The summed E-state index contributed by atoms with van der Waals surface area (Å²) in [6.07, 6.45) is 4.83. The van der Waals surface area contributed by atoms with Crippen LogP contribution < -0.4 is 5.73 Å². The van der Waals surface area contributed by atoms with Crippen LogP contribution >= 0.6 is 23.5 Å². The molecule has 2 fully saturated rings. The Morgan fingerprint density at radius 2 is 2.11 bits per heavy atom. The van der Waals surface area contributed by atoms with Crippen LogP contribution in [0.3, 0.4) is 0 Å². The fourth-order valence-corrected chi connectivity index (χ4v) is 5.08. The first kappa shape index (κ1) is 15.0. The summed E-state index contributed by atoms with van der Waals surface area (Å²) in [5.74, 6) is 4.31. The van der Waals surface area contributed by atoms with Crippen molar-refractivity contribution in [2.75, 3.05) is 23.9 Å². The van der Waals surface area contributed by atoms with E-state index in [-0.39, 0.29) is 5.60 Å². The number of thioether (sulfide) groups is 2. The SMILES string of the molecule is CC(C)SCC(N)C1CCOC2(CCSCC2)C1. The molecule has 0 radical (unpaired) electrons. The summed E-state index contributed by atoms with van der Waals surface area (Å²) < 4.78 is 6.14. The second-order valence-electron chi connectivity index (χ2n) is 5.94. The fourth-order valence-electron chi connectivity index (χ4n) is 2.96. The summed E-state index contributed by atoms with van der Waals surface area (Å²) >= 11 is 4.07. The predicted octanol–water partition coefficient (Wildman–Crippen LogP) is 3.15. The molecule has 2 nitrogen and oxygen atoms in total. The summed E-state index contributed by atoms with van der Waals surface area (Å²) in [4.78, 5) is 0. The topological polar surface area (TPSA) is 35.2 Å². The molecule has 2 rings (SSSR count). The summed E-state index contributed by atoms with van der Waals surface area (Å²) in [5, 5.41) is 0.691. The maximum Gasteiger partial charge on any atom is 0.0701 e. The largest absolute Gasteiger partial charge is 0.375 e. The third-order valence-electron chi connectivity index (χ3n) is 4.16. The summed E-state index contributed by atoms with van der Waals surface area (Å²) in [5.41, 5.74) is 6.59. The number of rotatable bonds is 4. The van der Waals surface area contributed by atoms with Crippen molar-refractivity contribution < 1.29 is 4.74 Å². The van der Waals surface area contributed by atoms with Gasteiger partial charge in [0.15, 0.2) is 0 Å². The Morgan fingerprint density at radius 1 is 1.39 bits per heavy atom. The van der Waals surface area contributed by atoms with Crippen molar-refractivity contribution in [3.8, 4) is 0 Å². The molecule has 2 N–H and O–H groups in total. The highest BCUT2D eigenvalue weighted by molar-refractivity contribution is 7.99. The van der Waals surface area contributed by atoms with Crippen molar-refractivity contribution in [3.63, 3.8) is 0 Å². The molecule has 0 amide bonds. The highest BCUT2D eigenvalue weighted by atomic mass is 32.2. The highest BCUT2D eigenvalue weighted by Crippen LogP contribution is 2.40. The molecule has 4 heteroatoms. The van der Waals surface area contributed by atoms with Crippen LogP contribution in [0.4, 0.5) is 0 Å². The third kappa shape index (κ3) is 4.06. The van der Waals surface area contributed by atoms with E-state index in [4.69, 9.17) is 10.5 Å². The molecule has 0 aromatic carbocycles. The average Bonchev–Trinajstić information content (AvgIpc) is 2.37. The number of hydrogen-bond acceptors (Lipinski definition) is 4. The van der Waals surface area contributed by atoms with E-state index in [9.17, 15) is 0 Å². The van der Waals surface area contributed by atoms with Gasteiger partial charge in [-0.3, -0.25) is 0 Å². The van der Waals surface area contributed by atoms with E-state index < -0.39 is 0 Å². The lowest BCUT2D eigenvalue weighted by Crippen LogP contribution is -2.47. The lowest BCUT2D eigenvalue weighted by Gasteiger charge is -2.44. The smallest absolute Gasteiger partial charge is 0.0701 e. The summed E-state index contributed by atoms with van der Waals surface area (Å²) in [7, 11) is 0. The van der Waals surface area contributed by atoms with E-state index in [1.807, 2.05) is 11.8 Å². The molecule has 0 bridgehead atoms. The minimum absolute atomic E-state index is 0.189. The molecule has 2 heterocycles. The van der Waals surface area contributed by atoms with Crippen molar-refractivity contribution >= 4 is 23.5 Å². The first-order valence-corrected chi connectivity index (χ1v) is 9.40. The molecule has 0 aromatic rings. The Kier molecular flexibility index (Phi) is 5.73. The Labute approximate surface area is 120 Å². The summed E-state index contributed by atoms with van der Waals surface area (Å²) in [6.45, 7) is 5.43. The van der Waals surface area contributed by atoms with E-state index in [0.717, 1.165) is 18.8 Å². The maximum atomic E-state index is 6.41. The molecule has 2 aliphatic heterocycles. The van der Waals surface area contributed by atoms with Crippen molar-refractivity contribution in [1.29, 1.82) is 0 Å². The Hall–Kier alpha value is 0.620. The molecule has 0 aromatic heterocycles. The lowest BCUT2D eigenvalue weighted by molar-refractivity contribution is -0.104. The molecule has 2 saturated heterocycles. The van der Waals surface area contributed by atoms with E-state index >= 15 is 0 Å². The van der Waals surface area contributed by atoms with Gasteiger partial charge in [0.05, 0.1) is 5.60 Å². The molecule has 2 unspecified atom stereocenters. The maximum absolute atomic E-state index is 6.41. The zero-order valence-electron chi connectivity index (χ0n) is 11.7. The van der Waals surface area contributed by atoms with Gasteiger partial charge in [-0.15, -0.1) is 0 Å². The molecular weight excluding hydrogens is 262 g/mol. The average molecular weight is 290 g/mol. The normalized spacial score (nSPS) is 29.7. The Morgan fingerprint density at radius 3 is 2.78 bits per heavy atom. The molecule has 0 saturated carbocycles. The van der Waals surface area contributed by atoms with Gasteiger partial charge >= 0.3 is 0 Å².